The van der Waals surface area contributed by atoms with Gasteiger partial charge < -0.3 is 19.3 Å². The fourth-order valence-corrected chi connectivity index (χ4v) is 8.86. The van der Waals surface area contributed by atoms with Crippen molar-refractivity contribution in [2.24, 2.45) is 0 Å². The van der Waals surface area contributed by atoms with Gasteiger partial charge in [0.05, 0.1) is 33.9 Å². The van der Waals surface area contributed by atoms with E-state index in [1.165, 1.54) is 0 Å². The van der Waals surface area contributed by atoms with Gasteiger partial charge in [-0.2, -0.15) is 10.5 Å². The summed E-state index contributed by atoms with van der Waals surface area (Å²) in [5, 5.41) is 22.5. The van der Waals surface area contributed by atoms with Crippen LogP contribution in [0.15, 0.2) is 206 Å². The predicted molar refractivity (Wildman–Crippen MR) is 247 cm³/mol. The van der Waals surface area contributed by atoms with Crippen molar-refractivity contribution >= 4 is 34.1 Å². The van der Waals surface area contributed by atoms with E-state index in [1.807, 2.05) is 109 Å². The van der Waals surface area contributed by atoms with Crippen molar-refractivity contribution in [3.8, 4) is 79.6 Å². The van der Waals surface area contributed by atoms with Gasteiger partial charge in [-0.3, -0.25) is 0 Å². The van der Waals surface area contributed by atoms with E-state index in [4.69, 9.17) is 9.47 Å². The summed E-state index contributed by atoms with van der Waals surface area (Å²) in [5.74, 6) is 3.07. The van der Waals surface area contributed by atoms with Gasteiger partial charge in [0.25, 0.3) is 0 Å². The van der Waals surface area contributed by atoms with Crippen LogP contribution in [-0.2, 0) is 0 Å². The van der Waals surface area contributed by atoms with Gasteiger partial charge in [0.1, 0.15) is 12.1 Å². The second-order valence-corrected chi connectivity index (χ2v) is 15.0. The summed E-state index contributed by atoms with van der Waals surface area (Å²) < 4.78 is 12.6. The maximum Gasteiger partial charge on any atom is 0.151 e. The van der Waals surface area contributed by atoms with E-state index in [2.05, 4.69) is 119 Å². The Kier molecular flexibility index (Phi) is 8.82. The summed E-state index contributed by atoms with van der Waals surface area (Å²) in [6, 6.07) is 74.0. The number of hydrogen-bond acceptors (Lipinski definition) is 6. The van der Waals surface area contributed by atoms with Gasteiger partial charge in [-0.15, -0.1) is 0 Å². The SMILES string of the molecule is N#Cc1c(C#N)c(-c2ccc(N3c4ccccc4Oc4ccccc43)cc2)c(-c2ccccc2)c(-c2ccccc2)c1-c1ccc(N2c3ccccc3Oc3ccccc32)cc1. The zero-order valence-corrected chi connectivity index (χ0v) is 33.2. The monoisotopic (exact) mass is 794 g/mol. The molecule has 0 N–H and O–H groups in total. The third-order valence-electron chi connectivity index (χ3n) is 11.5. The van der Waals surface area contributed by atoms with Crippen molar-refractivity contribution in [3.63, 3.8) is 0 Å². The minimum Gasteiger partial charge on any atom is -0.453 e. The number of nitrogens with zero attached hydrogens (tertiary/aromatic N) is 4. The second-order valence-electron chi connectivity index (χ2n) is 15.0. The Morgan fingerprint density at radius 1 is 0.290 bits per heavy atom. The molecule has 0 atom stereocenters. The van der Waals surface area contributed by atoms with Crippen molar-refractivity contribution in [1.29, 1.82) is 10.5 Å². The lowest BCUT2D eigenvalue weighted by Gasteiger charge is -2.33. The normalized spacial score (nSPS) is 12.0. The molecular weight excluding hydrogens is 761 g/mol. The fourth-order valence-electron chi connectivity index (χ4n) is 8.86. The Labute approximate surface area is 359 Å². The van der Waals surface area contributed by atoms with Gasteiger partial charge in [-0.1, -0.05) is 133 Å². The van der Waals surface area contributed by atoms with E-state index in [9.17, 15) is 10.5 Å². The largest absolute Gasteiger partial charge is 0.453 e. The lowest BCUT2D eigenvalue weighted by molar-refractivity contribution is 0.477. The Morgan fingerprint density at radius 3 is 0.871 bits per heavy atom. The topological polar surface area (TPSA) is 72.5 Å². The standard InChI is InChI=1S/C56H34N4O2/c57-35-43-44(36-58)54(40-29-33-42(34-30-40)60-47-21-9-13-25-51(47)62-52-26-14-10-22-48(52)60)56(38-17-5-2-6-18-38)55(37-15-3-1-4-16-37)53(43)39-27-31-41(32-28-39)59-45-19-7-11-23-49(45)61-50-24-12-8-20-46(50)59/h1-34H. The van der Waals surface area contributed by atoms with Crippen LogP contribution in [0.2, 0.25) is 0 Å². The summed E-state index contributed by atoms with van der Waals surface area (Å²) in [6.07, 6.45) is 0. The molecule has 9 aromatic carbocycles. The van der Waals surface area contributed by atoms with Gasteiger partial charge in [0.2, 0.25) is 0 Å². The van der Waals surface area contributed by atoms with Crippen LogP contribution in [0.1, 0.15) is 11.1 Å². The molecule has 9 aromatic rings. The summed E-state index contributed by atoms with van der Waals surface area (Å²) in [5.41, 5.74) is 12.9. The van der Waals surface area contributed by atoms with Crippen LogP contribution in [-0.4, -0.2) is 0 Å². The molecule has 0 bridgehead atoms. The molecule has 2 heterocycles. The molecule has 290 valence electrons. The van der Waals surface area contributed by atoms with E-state index >= 15 is 0 Å². The highest BCUT2D eigenvalue weighted by Crippen LogP contribution is 2.54. The highest BCUT2D eigenvalue weighted by molar-refractivity contribution is 6.06. The molecule has 0 spiro atoms. The summed E-state index contributed by atoms with van der Waals surface area (Å²) in [4.78, 5) is 4.39. The van der Waals surface area contributed by atoms with Crippen LogP contribution in [0.5, 0.6) is 23.0 Å². The van der Waals surface area contributed by atoms with Gasteiger partial charge >= 0.3 is 0 Å². The Hall–Kier alpha value is -8.84. The Balaban J connectivity index is 1.12. The van der Waals surface area contributed by atoms with E-state index in [0.29, 0.717) is 22.3 Å². The van der Waals surface area contributed by atoms with Crippen LogP contribution < -0.4 is 19.3 Å². The molecule has 0 saturated carbocycles. The van der Waals surface area contributed by atoms with E-state index < -0.39 is 0 Å². The smallest absolute Gasteiger partial charge is 0.151 e. The molecule has 0 radical (unpaired) electrons. The first kappa shape index (κ1) is 36.3. The van der Waals surface area contributed by atoms with Gasteiger partial charge in [0.15, 0.2) is 23.0 Å². The molecule has 0 saturated heterocycles. The minimum atomic E-state index is 0.316. The summed E-state index contributed by atoms with van der Waals surface area (Å²) in [6.45, 7) is 0. The minimum absolute atomic E-state index is 0.316. The number of fused-ring (bicyclic) bond motifs is 4. The van der Waals surface area contributed by atoms with Crippen molar-refractivity contribution in [2.45, 2.75) is 0 Å². The molecule has 6 nitrogen and oxygen atoms in total. The number of para-hydroxylation sites is 8. The van der Waals surface area contributed by atoms with Crippen LogP contribution in [0, 0.1) is 22.7 Å². The highest BCUT2D eigenvalue weighted by atomic mass is 16.5. The van der Waals surface area contributed by atoms with Crippen molar-refractivity contribution in [1.82, 2.24) is 0 Å². The molecule has 0 amide bonds. The van der Waals surface area contributed by atoms with E-state index in [0.717, 1.165) is 90.5 Å². The molecule has 0 unspecified atom stereocenters. The van der Waals surface area contributed by atoms with E-state index in [1.54, 1.807) is 0 Å². The van der Waals surface area contributed by atoms with E-state index in [-0.39, 0.29) is 0 Å². The average Bonchev–Trinajstić information content (AvgIpc) is 3.34. The fraction of sp³-hybridized carbons (Fsp3) is 0. The summed E-state index contributed by atoms with van der Waals surface area (Å²) >= 11 is 0. The second kappa shape index (κ2) is 15.1. The van der Waals surface area contributed by atoms with Crippen LogP contribution in [0.25, 0.3) is 44.5 Å². The maximum absolute atomic E-state index is 11.2. The number of benzene rings is 9. The number of nitriles is 2. The number of ether oxygens (including phenoxy) is 2. The van der Waals surface area contributed by atoms with Crippen LogP contribution in [0.3, 0.4) is 0 Å². The molecule has 6 heteroatoms. The molecule has 0 aliphatic carbocycles. The third-order valence-corrected chi connectivity index (χ3v) is 11.5. The van der Waals surface area contributed by atoms with Gasteiger partial charge in [0, 0.05) is 22.5 Å². The van der Waals surface area contributed by atoms with Crippen LogP contribution >= 0.6 is 0 Å². The first-order chi connectivity index (χ1) is 30.7. The highest BCUT2D eigenvalue weighted by Gasteiger charge is 2.30. The first-order valence-corrected chi connectivity index (χ1v) is 20.4. The Morgan fingerprint density at radius 2 is 0.565 bits per heavy atom. The molecule has 2 aliphatic rings. The molecule has 62 heavy (non-hydrogen) atoms. The van der Waals surface area contributed by atoms with Crippen molar-refractivity contribution in [3.05, 3.63) is 217 Å². The first-order valence-electron chi connectivity index (χ1n) is 20.4. The number of rotatable bonds is 6. The average molecular weight is 795 g/mol. The number of anilines is 6. The van der Waals surface area contributed by atoms with Crippen molar-refractivity contribution in [2.75, 3.05) is 9.80 Å². The molecule has 0 fully saturated rings. The lowest BCUT2D eigenvalue weighted by atomic mass is 9.77. The summed E-state index contributed by atoms with van der Waals surface area (Å²) in [7, 11) is 0. The molecule has 2 aliphatic heterocycles. The van der Waals surface area contributed by atoms with Crippen molar-refractivity contribution < 1.29 is 9.47 Å². The molecule has 0 aromatic heterocycles. The van der Waals surface area contributed by atoms with Gasteiger partial charge in [-0.05, 0) is 106 Å². The predicted octanol–water partition coefficient (Wildman–Crippen LogP) is 15.2. The molecular formula is C56H34N4O2. The zero-order valence-electron chi connectivity index (χ0n) is 33.2. The van der Waals surface area contributed by atoms with Crippen LogP contribution in [0.4, 0.5) is 34.1 Å². The maximum atomic E-state index is 11.2. The Bertz CT molecular complexity index is 2950. The lowest BCUT2D eigenvalue weighted by Crippen LogP contribution is -2.15. The zero-order chi connectivity index (χ0) is 41.6. The third kappa shape index (κ3) is 5.94. The molecule has 11 rings (SSSR count). The quantitative estimate of drug-likeness (QED) is 0.167. The number of hydrogen-bond donors (Lipinski definition) is 0. The van der Waals surface area contributed by atoms with Gasteiger partial charge in [-0.25, -0.2) is 0 Å².